The van der Waals surface area contributed by atoms with Crippen molar-refractivity contribution in [1.29, 1.82) is 0 Å². The first-order valence-electron chi connectivity index (χ1n) is 3.00. The van der Waals surface area contributed by atoms with Gasteiger partial charge in [0, 0.05) is 13.2 Å². The molecule has 2 N–H and O–H groups in total. The number of aryl methyl sites for hydroxylation is 1. The van der Waals surface area contributed by atoms with Crippen molar-refractivity contribution in [3.63, 3.8) is 0 Å². The van der Waals surface area contributed by atoms with E-state index in [9.17, 15) is 4.79 Å². The lowest BCUT2D eigenvalue weighted by Gasteiger charge is -1.98. The van der Waals surface area contributed by atoms with Gasteiger partial charge in [-0.2, -0.15) is 0 Å². The molecule has 1 aromatic heterocycles. The van der Waals surface area contributed by atoms with Crippen LogP contribution in [0, 0.1) is 0 Å². The maximum Gasteiger partial charge on any atom is 0.338 e. The molecule has 1 aromatic rings. The Hall–Kier alpha value is -1.36. The van der Waals surface area contributed by atoms with Crippen LogP contribution >= 0.6 is 0 Å². The fourth-order valence-electron chi connectivity index (χ4n) is 0.701. The molecule has 0 bridgehead atoms. The van der Waals surface area contributed by atoms with Crippen LogP contribution in [0.4, 0.5) is 0 Å². The average molecular weight is 156 g/mol. The molecule has 0 amide bonds. The first kappa shape index (κ1) is 7.74. The molecule has 0 saturated heterocycles. The van der Waals surface area contributed by atoms with E-state index >= 15 is 0 Å². The summed E-state index contributed by atoms with van der Waals surface area (Å²) in [6.45, 7) is 0. The van der Waals surface area contributed by atoms with Crippen LogP contribution in [0.25, 0.3) is 0 Å². The zero-order valence-corrected chi connectivity index (χ0v) is 5.93. The fourth-order valence-corrected chi connectivity index (χ4v) is 0.701. The van der Waals surface area contributed by atoms with E-state index in [1.165, 1.54) is 12.5 Å². The Kier molecular flexibility index (Phi) is 1.91. The highest BCUT2D eigenvalue weighted by molar-refractivity contribution is 5.73. The number of aliphatic carboxylic acids is 1. The molecule has 0 aliphatic carbocycles. The quantitative estimate of drug-likeness (QED) is 0.607. The number of carboxylic acid groups (broad SMARTS) is 1. The molecule has 1 heterocycles. The van der Waals surface area contributed by atoms with Crippen LogP contribution in [0.5, 0.6) is 0 Å². The van der Waals surface area contributed by atoms with E-state index in [0.29, 0.717) is 0 Å². The molecule has 0 fully saturated rings. The first-order valence-corrected chi connectivity index (χ1v) is 3.00. The van der Waals surface area contributed by atoms with E-state index in [-0.39, 0.29) is 5.69 Å². The average Bonchev–Trinajstić information content (AvgIpc) is 2.34. The number of aromatic nitrogens is 2. The molecule has 1 atom stereocenters. The molecule has 0 aromatic carbocycles. The number of aliphatic hydroxyl groups excluding tert-OH is 1. The maximum atomic E-state index is 10.2. The molecule has 0 spiro atoms. The van der Waals surface area contributed by atoms with Gasteiger partial charge in [-0.25, -0.2) is 9.78 Å². The summed E-state index contributed by atoms with van der Waals surface area (Å²) >= 11 is 0. The zero-order valence-electron chi connectivity index (χ0n) is 5.93. The Morgan fingerprint density at radius 3 is 2.82 bits per heavy atom. The number of carboxylic acids is 1. The molecule has 0 radical (unpaired) electrons. The van der Waals surface area contributed by atoms with Gasteiger partial charge in [-0.1, -0.05) is 0 Å². The van der Waals surface area contributed by atoms with Gasteiger partial charge in [0.15, 0.2) is 6.10 Å². The highest BCUT2D eigenvalue weighted by Crippen LogP contribution is 2.08. The second-order valence-corrected chi connectivity index (χ2v) is 2.20. The van der Waals surface area contributed by atoms with E-state index < -0.39 is 12.1 Å². The number of carbonyl (C=O) groups is 1. The molecule has 1 rings (SSSR count). The standard InChI is InChI=1S/C6H8N2O3/c1-8-2-4(7-3-8)5(9)6(10)11/h2-3,5,9H,1H3,(H,10,11). The van der Waals surface area contributed by atoms with Gasteiger partial charge in [0.25, 0.3) is 0 Å². The molecule has 0 aliphatic rings. The Bertz CT molecular complexity index is 269. The summed E-state index contributed by atoms with van der Waals surface area (Å²) in [5, 5.41) is 17.3. The van der Waals surface area contributed by atoms with Crippen molar-refractivity contribution >= 4 is 5.97 Å². The number of imidazole rings is 1. The highest BCUT2D eigenvalue weighted by Gasteiger charge is 2.17. The summed E-state index contributed by atoms with van der Waals surface area (Å²) in [4.78, 5) is 13.9. The maximum absolute atomic E-state index is 10.2. The molecular weight excluding hydrogens is 148 g/mol. The summed E-state index contributed by atoms with van der Waals surface area (Å²) in [7, 11) is 1.70. The van der Waals surface area contributed by atoms with Crippen LogP contribution in [-0.2, 0) is 11.8 Å². The lowest BCUT2D eigenvalue weighted by Crippen LogP contribution is -2.10. The number of nitrogens with zero attached hydrogens (tertiary/aromatic N) is 2. The van der Waals surface area contributed by atoms with Crippen LogP contribution in [0.1, 0.15) is 11.8 Å². The third-order valence-corrected chi connectivity index (χ3v) is 1.24. The molecule has 60 valence electrons. The number of hydrogen-bond acceptors (Lipinski definition) is 3. The van der Waals surface area contributed by atoms with Crippen LogP contribution in [0.3, 0.4) is 0 Å². The van der Waals surface area contributed by atoms with E-state index in [2.05, 4.69) is 4.98 Å². The van der Waals surface area contributed by atoms with Crippen molar-refractivity contribution in [3.8, 4) is 0 Å². The van der Waals surface area contributed by atoms with Gasteiger partial charge in [-0.15, -0.1) is 0 Å². The summed E-state index contributed by atoms with van der Waals surface area (Å²) in [6.07, 6.45) is 1.37. The van der Waals surface area contributed by atoms with E-state index in [0.717, 1.165) is 0 Å². The lowest BCUT2D eigenvalue weighted by atomic mass is 10.3. The highest BCUT2D eigenvalue weighted by atomic mass is 16.4. The van der Waals surface area contributed by atoms with Crippen LogP contribution < -0.4 is 0 Å². The minimum atomic E-state index is -1.52. The molecule has 11 heavy (non-hydrogen) atoms. The topological polar surface area (TPSA) is 75.3 Å². The van der Waals surface area contributed by atoms with Crippen molar-refractivity contribution in [1.82, 2.24) is 9.55 Å². The molecule has 1 unspecified atom stereocenters. The van der Waals surface area contributed by atoms with Gasteiger partial charge < -0.3 is 14.8 Å². The minimum absolute atomic E-state index is 0.153. The summed E-state index contributed by atoms with van der Waals surface area (Å²) < 4.78 is 1.57. The molecule has 0 aliphatic heterocycles. The summed E-state index contributed by atoms with van der Waals surface area (Å²) in [5.41, 5.74) is 0.153. The SMILES string of the molecule is Cn1cnc(C(O)C(=O)O)c1. The Morgan fingerprint density at radius 2 is 2.45 bits per heavy atom. The van der Waals surface area contributed by atoms with Crippen LogP contribution in [0.2, 0.25) is 0 Å². The largest absolute Gasteiger partial charge is 0.479 e. The van der Waals surface area contributed by atoms with Crippen LogP contribution in [0.15, 0.2) is 12.5 Å². The second-order valence-electron chi connectivity index (χ2n) is 2.20. The first-order chi connectivity index (χ1) is 5.11. The number of hydrogen-bond donors (Lipinski definition) is 2. The van der Waals surface area contributed by atoms with Gasteiger partial charge in [-0.05, 0) is 0 Å². The Morgan fingerprint density at radius 1 is 1.82 bits per heavy atom. The Balaban J connectivity index is 2.84. The van der Waals surface area contributed by atoms with Crippen molar-refractivity contribution in [2.45, 2.75) is 6.10 Å². The van der Waals surface area contributed by atoms with E-state index in [1.807, 2.05) is 0 Å². The monoisotopic (exact) mass is 156 g/mol. The van der Waals surface area contributed by atoms with E-state index in [1.54, 1.807) is 11.6 Å². The normalized spacial score (nSPS) is 12.9. The van der Waals surface area contributed by atoms with Crippen molar-refractivity contribution in [3.05, 3.63) is 18.2 Å². The smallest absolute Gasteiger partial charge is 0.338 e. The molecule has 0 saturated carbocycles. The van der Waals surface area contributed by atoms with Gasteiger partial charge in [0.2, 0.25) is 0 Å². The molecule has 5 heteroatoms. The molecular formula is C6H8N2O3. The summed E-state index contributed by atoms with van der Waals surface area (Å²) in [5.74, 6) is -1.29. The van der Waals surface area contributed by atoms with Gasteiger partial charge in [0.05, 0.1) is 12.0 Å². The third-order valence-electron chi connectivity index (χ3n) is 1.24. The van der Waals surface area contributed by atoms with Crippen molar-refractivity contribution < 1.29 is 15.0 Å². The van der Waals surface area contributed by atoms with Gasteiger partial charge in [-0.3, -0.25) is 0 Å². The Labute approximate surface area is 62.9 Å². The lowest BCUT2D eigenvalue weighted by molar-refractivity contribution is -0.147. The number of rotatable bonds is 2. The fraction of sp³-hybridized carbons (Fsp3) is 0.333. The second kappa shape index (κ2) is 2.71. The summed E-state index contributed by atoms with van der Waals surface area (Å²) in [6, 6.07) is 0. The van der Waals surface area contributed by atoms with Crippen molar-refractivity contribution in [2.75, 3.05) is 0 Å². The predicted octanol–water partition coefficient (Wildman–Crippen LogP) is -0.462. The molecule has 5 nitrogen and oxygen atoms in total. The third kappa shape index (κ3) is 1.56. The van der Waals surface area contributed by atoms with Gasteiger partial charge in [0.1, 0.15) is 0 Å². The van der Waals surface area contributed by atoms with Gasteiger partial charge >= 0.3 is 5.97 Å². The zero-order chi connectivity index (χ0) is 8.43. The van der Waals surface area contributed by atoms with E-state index in [4.69, 9.17) is 10.2 Å². The predicted molar refractivity (Wildman–Crippen MR) is 35.8 cm³/mol. The number of aliphatic hydroxyl groups is 1. The van der Waals surface area contributed by atoms with Crippen molar-refractivity contribution in [2.24, 2.45) is 7.05 Å². The van der Waals surface area contributed by atoms with Crippen LogP contribution in [-0.4, -0.2) is 25.7 Å². The minimum Gasteiger partial charge on any atom is -0.479 e.